The summed E-state index contributed by atoms with van der Waals surface area (Å²) in [5.41, 5.74) is -0.243. The highest BCUT2D eigenvalue weighted by molar-refractivity contribution is 6.31. The molecule has 0 unspecified atom stereocenters. The average molecular weight is 362 g/mol. The normalized spacial score (nSPS) is 22.6. The first kappa shape index (κ1) is 16.2. The first-order valence-corrected chi connectivity index (χ1v) is 8.10. The highest BCUT2D eigenvalue weighted by atomic mass is 35.5. The zero-order valence-electron chi connectivity index (χ0n) is 13.3. The van der Waals surface area contributed by atoms with Gasteiger partial charge in [0.2, 0.25) is 0 Å². The Balaban J connectivity index is 1.93. The maximum absolute atomic E-state index is 14.6. The molecule has 0 spiro atoms. The number of ether oxygens (including phenoxy) is 1. The summed E-state index contributed by atoms with van der Waals surface area (Å²) in [6, 6.07) is 10.7. The van der Waals surface area contributed by atoms with Crippen molar-refractivity contribution >= 4 is 11.6 Å². The van der Waals surface area contributed by atoms with Gasteiger partial charge in [-0.25, -0.2) is 13.8 Å². The van der Waals surface area contributed by atoms with E-state index in [-0.39, 0.29) is 11.5 Å². The average Bonchev–Trinajstić information content (AvgIpc) is 2.97. The summed E-state index contributed by atoms with van der Waals surface area (Å²) in [6.07, 6.45) is 1.52. The van der Waals surface area contributed by atoms with Gasteiger partial charge in [-0.05, 0) is 23.8 Å². The lowest BCUT2D eigenvalue weighted by Gasteiger charge is -2.48. The number of aryl methyl sites for hydroxylation is 1. The van der Waals surface area contributed by atoms with E-state index in [0.29, 0.717) is 17.5 Å². The molecule has 0 amide bonds. The third-order valence-electron chi connectivity index (χ3n) is 4.51. The van der Waals surface area contributed by atoms with Crippen LogP contribution in [-0.4, -0.2) is 21.4 Å². The van der Waals surface area contributed by atoms with Crippen molar-refractivity contribution in [3.05, 3.63) is 82.4 Å². The molecular formula is C18H14ClF2N3O. The van der Waals surface area contributed by atoms with E-state index in [4.69, 9.17) is 16.3 Å². The van der Waals surface area contributed by atoms with Gasteiger partial charge < -0.3 is 4.74 Å². The second-order valence-corrected chi connectivity index (χ2v) is 6.39. The molecular weight excluding hydrogens is 348 g/mol. The van der Waals surface area contributed by atoms with Crippen LogP contribution < -0.4 is 0 Å². The lowest BCUT2D eigenvalue weighted by Crippen LogP contribution is -2.51. The van der Waals surface area contributed by atoms with E-state index in [1.54, 1.807) is 13.1 Å². The molecule has 2 atom stereocenters. The molecule has 2 aromatic carbocycles. The summed E-state index contributed by atoms with van der Waals surface area (Å²) in [7, 11) is 1.72. The Hall–Kier alpha value is -2.31. The third kappa shape index (κ3) is 2.44. The number of halogens is 3. The second-order valence-electron chi connectivity index (χ2n) is 5.99. The highest BCUT2D eigenvalue weighted by Gasteiger charge is 2.56. The summed E-state index contributed by atoms with van der Waals surface area (Å²) in [6.45, 7) is 0.332. The summed E-state index contributed by atoms with van der Waals surface area (Å²) >= 11 is 6.35. The summed E-state index contributed by atoms with van der Waals surface area (Å²) < 4.78 is 35.4. The van der Waals surface area contributed by atoms with Gasteiger partial charge in [0.05, 0.1) is 6.61 Å². The fourth-order valence-corrected chi connectivity index (χ4v) is 3.57. The summed E-state index contributed by atoms with van der Waals surface area (Å²) in [4.78, 5) is 4.28. The van der Waals surface area contributed by atoms with Crippen molar-refractivity contribution in [2.45, 2.75) is 11.5 Å². The summed E-state index contributed by atoms with van der Waals surface area (Å²) in [5.74, 6) is -1.33. The van der Waals surface area contributed by atoms with Gasteiger partial charge in [-0.3, -0.25) is 4.68 Å². The van der Waals surface area contributed by atoms with E-state index >= 15 is 0 Å². The molecule has 25 heavy (non-hydrogen) atoms. The largest absolute Gasteiger partial charge is 0.360 e. The van der Waals surface area contributed by atoms with E-state index in [0.717, 1.165) is 11.6 Å². The third-order valence-corrected chi connectivity index (χ3v) is 4.86. The van der Waals surface area contributed by atoms with Gasteiger partial charge in [0.25, 0.3) is 0 Å². The number of nitrogens with zero attached hydrogens (tertiary/aromatic N) is 3. The quantitative estimate of drug-likeness (QED) is 0.712. The first-order chi connectivity index (χ1) is 12.0. The van der Waals surface area contributed by atoms with Gasteiger partial charge in [0.15, 0.2) is 11.4 Å². The minimum absolute atomic E-state index is 0.191. The topological polar surface area (TPSA) is 39.9 Å². The van der Waals surface area contributed by atoms with E-state index in [1.165, 1.54) is 23.1 Å². The van der Waals surface area contributed by atoms with Crippen LogP contribution in [0.5, 0.6) is 0 Å². The van der Waals surface area contributed by atoms with Gasteiger partial charge in [-0.1, -0.05) is 29.8 Å². The van der Waals surface area contributed by atoms with Crippen LogP contribution in [0.4, 0.5) is 8.78 Å². The van der Waals surface area contributed by atoms with Crippen molar-refractivity contribution in [2.24, 2.45) is 7.05 Å². The highest BCUT2D eigenvalue weighted by Crippen LogP contribution is 2.53. The molecule has 3 aromatic rings. The number of aromatic nitrogens is 3. The molecule has 0 N–H and O–H groups in total. The molecule has 0 saturated carbocycles. The van der Waals surface area contributed by atoms with Gasteiger partial charge in [0.1, 0.15) is 18.0 Å². The molecule has 1 aromatic heterocycles. The predicted octanol–water partition coefficient (Wildman–Crippen LogP) is 3.80. The van der Waals surface area contributed by atoms with Crippen molar-refractivity contribution in [2.75, 3.05) is 6.61 Å². The molecule has 4 nitrogen and oxygen atoms in total. The van der Waals surface area contributed by atoms with E-state index in [2.05, 4.69) is 10.1 Å². The van der Waals surface area contributed by atoms with Crippen LogP contribution in [0.15, 0.2) is 48.8 Å². The van der Waals surface area contributed by atoms with E-state index < -0.39 is 17.2 Å². The van der Waals surface area contributed by atoms with Gasteiger partial charge in [0, 0.05) is 29.6 Å². The van der Waals surface area contributed by atoms with Crippen LogP contribution in [0.2, 0.25) is 5.02 Å². The molecule has 1 fully saturated rings. The Morgan fingerprint density at radius 2 is 2.04 bits per heavy atom. The lowest BCUT2D eigenvalue weighted by molar-refractivity contribution is -0.155. The molecule has 1 saturated heterocycles. The number of benzene rings is 2. The van der Waals surface area contributed by atoms with E-state index in [9.17, 15) is 8.78 Å². The maximum Gasteiger partial charge on any atom is 0.187 e. The van der Waals surface area contributed by atoms with Crippen LogP contribution >= 0.6 is 11.6 Å². The standard InChI is InChI=1S/C18H14ClF2N3O/c1-24-10-22-17(23-24)18(13-7-6-11(20)8-16(13)21)14(9-25-18)12-4-2-3-5-15(12)19/h2-8,10,14H,9H2,1H3/t14-,18-/m0/s1. The summed E-state index contributed by atoms with van der Waals surface area (Å²) in [5, 5.41) is 4.88. The minimum atomic E-state index is -1.25. The van der Waals surface area contributed by atoms with Crippen LogP contribution in [0.1, 0.15) is 22.9 Å². The molecule has 0 radical (unpaired) electrons. The zero-order valence-corrected chi connectivity index (χ0v) is 14.0. The number of hydrogen-bond acceptors (Lipinski definition) is 3. The second kappa shape index (κ2) is 5.89. The molecule has 1 aliphatic heterocycles. The minimum Gasteiger partial charge on any atom is -0.360 e. The van der Waals surface area contributed by atoms with Crippen molar-refractivity contribution in [1.29, 1.82) is 0 Å². The van der Waals surface area contributed by atoms with Gasteiger partial charge in [-0.15, -0.1) is 0 Å². The zero-order chi connectivity index (χ0) is 17.6. The Kier molecular flexibility index (Phi) is 3.81. The number of rotatable bonds is 3. The fraction of sp³-hybridized carbons (Fsp3) is 0.222. The molecule has 2 heterocycles. The molecule has 1 aliphatic rings. The fourth-order valence-electron chi connectivity index (χ4n) is 3.31. The van der Waals surface area contributed by atoms with Crippen LogP contribution in [0.25, 0.3) is 0 Å². The number of hydrogen-bond donors (Lipinski definition) is 0. The van der Waals surface area contributed by atoms with Crippen molar-refractivity contribution in [3.8, 4) is 0 Å². The Labute approximate surface area is 148 Å². The molecule has 128 valence electrons. The molecule has 4 rings (SSSR count). The predicted molar refractivity (Wildman–Crippen MR) is 88.3 cm³/mol. The van der Waals surface area contributed by atoms with E-state index in [1.807, 2.05) is 18.2 Å². The smallest absolute Gasteiger partial charge is 0.187 e. The molecule has 7 heteroatoms. The van der Waals surface area contributed by atoms with Crippen LogP contribution in [0, 0.1) is 11.6 Å². The van der Waals surface area contributed by atoms with Crippen molar-refractivity contribution < 1.29 is 13.5 Å². The Bertz CT molecular complexity index is 946. The molecule has 0 bridgehead atoms. The molecule has 0 aliphatic carbocycles. The van der Waals surface area contributed by atoms with Crippen LogP contribution in [0.3, 0.4) is 0 Å². The van der Waals surface area contributed by atoms with Crippen molar-refractivity contribution in [3.63, 3.8) is 0 Å². The Morgan fingerprint density at radius 3 is 2.64 bits per heavy atom. The maximum atomic E-state index is 14.6. The monoisotopic (exact) mass is 361 g/mol. The van der Waals surface area contributed by atoms with Crippen LogP contribution in [-0.2, 0) is 17.4 Å². The first-order valence-electron chi connectivity index (χ1n) is 7.72. The van der Waals surface area contributed by atoms with Gasteiger partial charge in [-0.2, -0.15) is 5.10 Å². The van der Waals surface area contributed by atoms with Crippen molar-refractivity contribution in [1.82, 2.24) is 14.8 Å². The lowest BCUT2D eigenvalue weighted by atomic mass is 9.72. The van der Waals surface area contributed by atoms with Gasteiger partial charge >= 0.3 is 0 Å². The Morgan fingerprint density at radius 1 is 1.24 bits per heavy atom. The SMILES string of the molecule is Cn1cnc([C@@]2(c3ccc(F)cc3F)OC[C@H]2c2ccccc2Cl)n1.